The predicted octanol–water partition coefficient (Wildman–Crippen LogP) is 1.51. The second kappa shape index (κ2) is 4.98. The van der Waals surface area contributed by atoms with E-state index in [4.69, 9.17) is 11.6 Å². The summed E-state index contributed by atoms with van der Waals surface area (Å²) in [7, 11) is 0. The molecule has 0 saturated heterocycles. The Morgan fingerprint density at radius 1 is 1.47 bits per heavy atom. The van der Waals surface area contributed by atoms with Gasteiger partial charge in [0.25, 0.3) is 11.5 Å². The zero-order valence-corrected chi connectivity index (χ0v) is 9.47. The normalized spacial score (nSPS) is 10.1. The summed E-state index contributed by atoms with van der Waals surface area (Å²) in [6.45, 7) is 4.86. The highest BCUT2D eigenvalue weighted by molar-refractivity contribution is 6.30. The fourth-order valence-electron chi connectivity index (χ4n) is 1.30. The summed E-state index contributed by atoms with van der Waals surface area (Å²) in [6, 6.07) is 1.39. The van der Waals surface area contributed by atoms with Gasteiger partial charge in [-0.2, -0.15) is 0 Å². The Bertz CT molecular complexity index is 410. The molecule has 5 heteroatoms. The molecule has 0 fully saturated rings. The van der Waals surface area contributed by atoms with Crippen molar-refractivity contribution >= 4 is 17.5 Å². The maximum atomic E-state index is 11.8. The van der Waals surface area contributed by atoms with E-state index in [-0.39, 0.29) is 11.5 Å². The van der Waals surface area contributed by atoms with Crippen LogP contribution in [0.4, 0.5) is 0 Å². The monoisotopic (exact) mass is 228 g/mol. The summed E-state index contributed by atoms with van der Waals surface area (Å²) in [4.78, 5) is 27.2. The molecular weight excluding hydrogens is 216 g/mol. The predicted molar refractivity (Wildman–Crippen MR) is 59.3 cm³/mol. The van der Waals surface area contributed by atoms with Gasteiger partial charge in [-0.05, 0) is 19.9 Å². The number of H-pyrrole nitrogens is 1. The Hall–Kier alpha value is -1.29. The third-order valence-corrected chi connectivity index (χ3v) is 2.37. The molecule has 1 amide bonds. The zero-order chi connectivity index (χ0) is 11.4. The van der Waals surface area contributed by atoms with Crippen LogP contribution in [0.2, 0.25) is 5.02 Å². The molecule has 0 aliphatic carbocycles. The third kappa shape index (κ3) is 2.59. The molecule has 82 valence electrons. The Kier molecular flexibility index (Phi) is 3.91. The van der Waals surface area contributed by atoms with Crippen molar-refractivity contribution in [2.24, 2.45) is 0 Å². The van der Waals surface area contributed by atoms with Gasteiger partial charge in [-0.1, -0.05) is 11.6 Å². The lowest BCUT2D eigenvalue weighted by atomic mass is 10.2. The first-order valence-corrected chi connectivity index (χ1v) is 5.15. The molecular formula is C10H13ClN2O2. The Balaban J connectivity index is 3.10. The van der Waals surface area contributed by atoms with E-state index in [1.807, 2.05) is 13.8 Å². The molecule has 0 spiro atoms. The third-order valence-electron chi connectivity index (χ3n) is 2.15. The maximum absolute atomic E-state index is 11.8. The molecule has 1 N–H and O–H groups in total. The molecule has 0 aliphatic rings. The number of halogens is 1. The van der Waals surface area contributed by atoms with Gasteiger partial charge < -0.3 is 9.88 Å². The molecule has 0 saturated carbocycles. The van der Waals surface area contributed by atoms with Crippen LogP contribution in [0.5, 0.6) is 0 Å². The van der Waals surface area contributed by atoms with Crippen molar-refractivity contribution in [2.45, 2.75) is 13.8 Å². The molecule has 1 aromatic heterocycles. The molecule has 1 heterocycles. The largest absolute Gasteiger partial charge is 0.339 e. The topological polar surface area (TPSA) is 53.2 Å². The highest BCUT2D eigenvalue weighted by atomic mass is 35.5. The quantitative estimate of drug-likeness (QED) is 0.853. The highest BCUT2D eigenvalue weighted by Gasteiger charge is 2.16. The Morgan fingerprint density at radius 3 is 2.60 bits per heavy atom. The molecule has 0 atom stereocenters. The summed E-state index contributed by atoms with van der Waals surface area (Å²) in [6.07, 6.45) is 1.36. The highest BCUT2D eigenvalue weighted by Crippen LogP contribution is 2.07. The Labute approximate surface area is 92.9 Å². The lowest BCUT2D eigenvalue weighted by molar-refractivity contribution is 0.0771. The van der Waals surface area contributed by atoms with Crippen LogP contribution in [-0.4, -0.2) is 28.9 Å². The van der Waals surface area contributed by atoms with E-state index in [2.05, 4.69) is 4.98 Å². The van der Waals surface area contributed by atoms with Gasteiger partial charge in [-0.3, -0.25) is 9.59 Å². The second-order valence-corrected chi connectivity index (χ2v) is 3.47. The molecule has 4 nitrogen and oxygen atoms in total. The van der Waals surface area contributed by atoms with Crippen molar-refractivity contribution in [3.8, 4) is 0 Å². The second-order valence-electron chi connectivity index (χ2n) is 3.04. The number of pyridine rings is 1. The molecule has 1 rings (SSSR count). The number of aromatic amines is 1. The lowest BCUT2D eigenvalue weighted by Crippen LogP contribution is -2.34. The van der Waals surface area contributed by atoms with Gasteiger partial charge in [0.1, 0.15) is 5.56 Å². The summed E-state index contributed by atoms with van der Waals surface area (Å²) in [5.41, 5.74) is -0.317. The van der Waals surface area contributed by atoms with Crippen LogP contribution in [0.1, 0.15) is 24.2 Å². The van der Waals surface area contributed by atoms with Crippen molar-refractivity contribution in [2.75, 3.05) is 13.1 Å². The fraction of sp³-hybridized carbons (Fsp3) is 0.400. The van der Waals surface area contributed by atoms with Crippen LogP contribution in [0.3, 0.4) is 0 Å². The molecule has 0 aromatic carbocycles. The van der Waals surface area contributed by atoms with E-state index >= 15 is 0 Å². The summed E-state index contributed by atoms with van der Waals surface area (Å²) < 4.78 is 0. The van der Waals surface area contributed by atoms with Crippen LogP contribution in [0.25, 0.3) is 0 Å². The number of nitrogens with zero attached hydrogens (tertiary/aromatic N) is 1. The summed E-state index contributed by atoms with van der Waals surface area (Å²) in [5, 5.41) is 0.352. The zero-order valence-electron chi connectivity index (χ0n) is 8.71. The van der Waals surface area contributed by atoms with Gasteiger partial charge in [0.2, 0.25) is 0 Å². The van der Waals surface area contributed by atoms with E-state index in [1.165, 1.54) is 12.3 Å². The van der Waals surface area contributed by atoms with Crippen LogP contribution in [0.15, 0.2) is 17.1 Å². The number of carbonyl (C=O) groups is 1. The number of hydrogen-bond acceptors (Lipinski definition) is 2. The molecule has 1 aromatic rings. The average molecular weight is 229 g/mol. The number of aromatic nitrogens is 1. The molecule has 0 aliphatic heterocycles. The number of nitrogens with one attached hydrogen (secondary N) is 1. The molecule has 0 radical (unpaired) electrons. The van der Waals surface area contributed by atoms with Crippen LogP contribution < -0.4 is 5.56 Å². The van der Waals surface area contributed by atoms with Gasteiger partial charge in [0.05, 0.1) is 5.02 Å². The van der Waals surface area contributed by atoms with E-state index in [1.54, 1.807) is 4.90 Å². The number of amides is 1. The van der Waals surface area contributed by atoms with E-state index in [0.717, 1.165) is 0 Å². The van der Waals surface area contributed by atoms with Crippen molar-refractivity contribution in [1.29, 1.82) is 0 Å². The van der Waals surface area contributed by atoms with Crippen LogP contribution in [0, 0.1) is 0 Å². The van der Waals surface area contributed by atoms with Crippen LogP contribution in [-0.2, 0) is 0 Å². The van der Waals surface area contributed by atoms with Crippen LogP contribution >= 0.6 is 11.6 Å². The minimum Gasteiger partial charge on any atom is -0.339 e. The summed E-state index contributed by atoms with van der Waals surface area (Å²) >= 11 is 5.71. The maximum Gasteiger partial charge on any atom is 0.260 e. The SMILES string of the molecule is CCN(CC)C(=O)c1cc(Cl)c[nH]c1=O. The summed E-state index contributed by atoms with van der Waals surface area (Å²) in [5.74, 6) is -0.288. The molecule has 0 unspecified atom stereocenters. The van der Waals surface area contributed by atoms with Gasteiger partial charge in [-0.25, -0.2) is 0 Å². The van der Waals surface area contributed by atoms with E-state index in [0.29, 0.717) is 18.1 Å². The van der Waals surface area contributed by atoms with Crippen molar-refractivity contribution in [3.05, 3.63) is 33.2 Å². The van der Waals surface area contributed by atoms with E-state index < -0.39 is 5.56 Å². The number of carbonyl (C=O) groups excluding carboxylic acids is 1. The molecule has 0 bridgehead atoms. The smallest absolute Gasteiger partial charge is 0.260 e. The van der Waals surface area contributed by atoms with Crippen molar-refractivity contribution in [3.63, 3.8) is 0 Å². The number of hydrogen-bond donors (Lipinski definition) is 1. The van der Waals surface area contributed by atoms with Crippen molar-refractivity contribution in [1.82, 2.24) is 9.88 Å². The first kappa shape index (κ1) is 11.8. The average Bonchev–Trinajstić information content (AvgIpc) is 2.23. The lowest BCUT2D eigenvalue weighted by Gasteiger charge is -2.17. The minimum absolute atomic E-state index is 0.0891. The van der Waals surface area contributed by atoms with Gasteiger partial charge >= 0.3 is 0 Å². The Morgan fingerprint density at radius 2 is 2.07 bits per heavy atom. The van der Waals surface area contributed by atoms with Gasteiger partial charge in [0, 0.05) is 19.3 Å². The first-order valence-electron chi connectivity index (χ1n) is 4.77. The fourth-order valence-corrected chi connectivity index (χ4v) is 1.46. The number of rotatable bonds is 3. The minimum atomic E-state index is -0.406. The van der Waals surface area contributed by atoms with Gasteiger partial charge in [-0.15, -0.1) is 0 Å². The van der Waals surface area contributed by atoms with Crippen molar-refractivity contribution < 1.29 is 4.79 Å². The van der Waals surface area contributed by atoms with E-state index in [9.17, 15) is 9.59 Å². The first-order chi connectivity index (χ1) is 7.10. The van der Waals surface area contributed by atoms with Gasteiger partial charge in [0.15, 0.2) is 0 Å². The standard InChI is InChI=1S/C10H13ClN2O2/c1-3-13(4-2)10(15)8-5-7(11)6-12-9(8)14/h5-6H,3-4H2,1-2H3,(H,12,14). The molecule has 15 heavy (non-hydrogen) atoms.